The van der Waals surface area contributed by atoms with Gasteiger partial charge < -0.3 is 10.1 Å². The highest BCUT2D eigenvalue weighted by molar-refractivity contribution is 14.2. The van der Waals surface area contributed by atoms with Gasteiger partial charge in [-0.15, -0.1) is 11.8 Å². The minimum Gasteiger partial charge on any atom is -0.459 e. The summed E-state index contributed by atoms with van der Waals surface area (Å²) in [5.74, 6) is -0.314. The van der Waals surface area contributed by atoms with Gasteiger partial charge in [-0.25, -0.2) is 23.7 Å². The normalized spacial score (nSPS) is 11.7. The fourth-order valence-electron chi connectivity index (χ4n) is 2.67. The van der Waals surface area contributed by atoms with E-state index < -0.39 is 17.2 Å². The Balaban J connectivity index is 1.68. The molecule has 0 saturated carbocycles. The first kappa shape index (κ1) is 24.0. The van der Waals surface area contributed by atoms with Crippen molar-refractivity contribution in [3.63, 3.8) is 0 Å². The van der Waals surface area contributed by atoms with Crippen molar-refractivity contribution in [2.75, 3.05) is 23.4 Å². The number of hydrogen-bond acceptors (Lipinski definition) is 8. The Morgan fingerprint density at radius 2 is 2.06 bits per heavy atom. The van der Waals surface area contributed by atoms with Crippen molar-refractivity contribution in [2.24, 2.45) is 0 Å². The van der Waals surface area contributed by atoms with Crippen LogP contribution in [0.2, 0.25) is 0 Å². The van der Waals surface area contributed by atoms with E-state index in [1.54, 1.807) is 10.2 Å². The lowest BCUT2D eigenvalue weighted by atomic mass is 10.2. The Morgan fingerprint density at radius 1 is 1.29 bits per heavy atom. The minimum atomic E-state index is -0.600. The van der Waals surface area contributed by atoms with Crippen LogP contribution in [-0.2, 0) is 9.53 Å². The molecule has 0 fully saturated rings. The fourth-order valence-corrected chi connectivity index (χ4v) is 4.55. The number of pyridine rings is 1. The third-order valence-corrected chi connectivity index (χ3v) is 6.45. The molecule has 0 aliphatic rings. The lowest BCUT2D eigenvalue weighted by Gasteiger charge is -2.19. The molecule has 31 heavy (non-hydrogen) atoms. The molecule has 3 rings (SSSR count). The zero-order valence-electron chi connectivity index (χ0n) is 17.0. The van der Waals surface area contributed by atoms with Gasteiger partial charge in [-0.2, -0.15) is 0 Å². The Labute approximate surface area is 198 Å². The number of rotatable bonds is 8. The summed E-state index contributed by atoms with van der Waals surface area (Å²) in [7, 11) is 1.37. The lowest BCUT2D eigenvalue weighted by molar-refractivity contribution is -0.151. The van der Waals surface area contributed by atoms with Crippen LogP contribution in [0.5, 0.6) is 0 Å². The number of carbonyl (C=O) groups excluding carboxylic acids is 1. The van der Waals surface area contributed by atoms with Gasteiger partial charge in [-0.3, -0.25) is 8.77 Å². The standard InChI is InChI=1S/C19H20F2IN5O2S2/c1-19(2,3)29-15(28)10-30-5-4-23-17-14(21)8-24-16(26-17)13-9-27(31-22)18-12(13)6-11(20)7-25-18/h6-9H,4-5,10H2,1-3H3,(H,23,24,26). The smallest absolute Gasteiger partial charge is 0.316 e. The Hall–Kier alpha value is -1.67. The van der Waals surface area contributed by atoms with Crippen LogP contribution in [0.15, 0.2) is 24.7 Å². The van der Waals surface area contributed by atoms with E-state index in [1.165, 1.54) is 26.9 Å². The molecule has 7 nitrogen and oxygen atoms in total. The summed E-state index contributed by atoms with van der Waals surface area (Å²) >= 11 is 3.47. The summed E-state index contributed by atoms with van der Waals surface area (Å²) in [5, 5.41) is 3.46. The molecule has 0 amide bonds. The average molecular weight is 579 g/mol. The van der Waals surface area contributed by atoms with Gasteiger partial charge in [0.15, 0.2) is 23.1 Å². The molecule has 0 aliphatic carbocycles. The maximum absolute atomic E-state index is 14.2. The van der Waals surface area contributed by atoms with Crippen LogP contribution >= 0.6 is 42.1 Å². The molecular formula is C19H20F2IN5O2S2. The highest BCUT2D eigenvalue weighted by Crippen LogP contribution is 2.33. The molecule has 166 valence electrons. The zero-order chi connectivity index (χ0) is 22.6. The first-order valence-corrected chi connectivity index (χ1v) is 13.7. The maximum atomic E-state index is 14.2. The van der Waals surface area contributed by atoms with Gasteiger partial charge in [0.05, 0.1) is 18.1 Å². The largest absolute Gasteiger partial charge is 0.459 e. The van der Waals surface area contributed by atoms with E-state index in [0.29, 0.717) is 28.9 Å². The molecule has 0 bridgehead atoms. The van der Waals surface area contributed by atoms with Crippen molar-refractivity contribution in [1.29, 1.82) is 0 Å². The molecule has 3 heterocycles. The predicted octanol–water partition coefficient (Wildman–Crippen LogP) is 5.10. The van der Waals surface area contributed by atoms with Crippen LogP contribution < -0.4 is 5.32 Å². The summed E-state index contributed by atoms with van der Waals surface area (Å²) in [5.41, 5.74) is 0.596. The summed E-state index contributed by atoms with van der Waals surface area (Å²) in [6.45, 7) is 5.83. The van der Waals surface area contributed by atoms with Gasteiger partial charge in [0.25, 0.3) is 0 Å². The van der Waals surface area contributed by atoms with Crippen LogP contribution in [0.1, 0.15) is 20.8 Å². The van der Waals surface area contributed by atoms with E-state index in [-0.39, 0.29) is 23.4 Å². The molecule has 0 radical (unpaired) electrons. The number of nitrogens with one attached hydrogen (secondary N) is 1. The summed E-state index contributed by atoms with van der Waals surface area (Å²) in [6.07, 6.45) is 3.95. The van der Waals surface area contributed by atoms with Gasteiger partial charge >= 0.3 is 5.97 Å². The molecule has 1 N–H and O–H groups in total. The van der Waals surface area contributed by atoms with E-state index in [9.17, 15) is 13.6 Å². The van der Waals surface area contributed by atoms with Crippen LogP contribution in [0.25, 0.3) is 22.4 Å². The van der Waals surface area contributed by atoms with Crippen molar-refractivity contribution in [2.45, 2.75) is 26.4 Å². The van der Waals surface area contributed by atoms with Crippen LogP contribution in [-0.4, -0.2) is 48.5 Å². The minimum absolute atomic E-state index is 0.0373. The Kier molecular flexibility index (Phi) is 7.97. The number of nitrogens with zero attached hydrogens (tertiary/aromatic N) is 4. The van der Waals surface area contributed by atoms with Crippen molar-refractivity contribution in [3.05, 3.63) is 36.3 Å². The van der Waals surface area contributed by atoms with E-state index in [4.69, 9.17) is 4.74 Å². The highest BCUT2D eigenvalue weighted by Gasteiger charge is 2.18. The number of thioether (sulfide) groups is 1. The quantitative estimate of drug-likeness (QED) is 0.224. The molecule has 12 heteroatoms. The summed E-state index contributed by atoms with van der Waals surface area (Å²) in [4.78, 5) is 24.2. The van der Waals surface area contributed by atoms with Crippen molar-refractivity contribution in [1.82, 2.24) is 18.9 Å². The monoisotopic (exact) mass is 579 g/mol. The molecule has 0 aliphatic heterocycles. The fraction of sp³-hybridized carbons (Fsp3) is 0.368. The number of anilines is 1. The molecule has 0 saturated heterocycles. The molecule has 0 atom stereocenters. The van der Waals surface area contributed by atoms with Crippen molar-refractivity contribution >= 4 is 64.9 Å². The molecule has 3 aromatic heterocycles. The molecule has 0 aromatic carbocycles. The summed E-state index contributed by atoms with van der Waals surface area (Å²) in [6, 6.07) is 1.36. The number of aromatic nitrogens is 4. The van der Waals surface area contributed by atoms with Gasteiger partial charge in [-0.1, -0.05) is 0 Å². The van der Waals surface area contributed by atoms with Crippen LogP contribution in [0.4, 0.5) is 14.6 Å². The van der Waals surface area contributed by atoms with Crippen molar-refractivity contribution in [3.8, 4) is 11.4 Å². The van der Waals surface area contributed by atoms with Gasteiger partial charge in [0.1, 0.15) is 11.4 Å². The van der Waals surface area contributed by atoms with E-state index in [2.05, 4.69) is 41.5 Å². The van der Waals surface area contributed by atoms with Gasteiger partial charge in [0, 0.05) is 59.8 Å². The highest BCUT2D eigenvalue weighted by atomic mass is 127. The average Bonchev–Trinajstić information content (AvgIpc) is 3.05. The third kappa shape index (κ3) is 6.42. The number of carbonyl (C=O) groups is 1. The number of ether oxygens (including phenoxy) is 1. The maximum Gasteiger partial charge on any atom is 0.316 e. The van der Waals surface area contributed by atoms with Crippen LogP contribution in [0, 0.1) is 11.6 Å². The molecule has 0 spiro atoms. The van der Waals surface area contributed by atoms with Gasteiger partial charge in [-0.05, 0) is 26.8 Å². The number of esters is 1. The van der Waals surface area contributed by atoms with E-state index in [1.807, 2.05) is 20.8 Å². The topological polar surface area (TPSA) is 81.9 Å². The third-order valence-electron chi connectivity index (χ3n) is 3.82. The van der Waals surface area contributed by atoms with Crippen LogP contribution in [0.3, 0.4) is 0 Å². The molecular weight excluding hydrogens is 559 g/mol. The van der Waals surface area contributed by atoms with Crippen molar-refractivity contribution < 1.29 is 18.3 Å². The van der Waals surface area contributed by atoms with Gasteiger partial charge in [0.2, 0.25) is 0 Å². The number of halogens is 3. The summed E-state index contributed by atoms with van der Waals surface area (Å²) < 4.78 is 35.0. The SMILES string of the molecule is CC(C)(C)OC(=O)CSCCNc1nc(-c2cn(SI)c3ncc(F)cc23)ncc1F. The van der Waals surface area contributed by atoms with E-state index in [0.717, 1.165) is 12.4 Å². The lowest BCUT2D eigenvalue weighted by Crippen LogP contribution is -2.25. The first-order valence-electron chi connectivity index (χ1n) is 9.20. The Bertz CT molecular complexity index is 1090. The first-order chi connectivity index (χ1) is 14.7. The Morgan fingerprint density at radius 3 is 2.77 bits per heavy atom. The zero-order valence-corrected chi connectivity index (χ0v) is 20.8. The molecule has 0 unspecified atom stereocenters. The second-order valence-corrected chi connectivity index (χ2v) is 10.2. The predicted molar refractivity (Wildman–Crippen MR) is 129 cm³/mol. The molecule has 3 aromatic rings. The number of fused-ring (bicyclic) bond motifs is 1. The number of hydrogen-bond donors (Lipinski definition) is 1. The van der Waals surface area contributed by atoms with E-state index >= 15 is 0 Å². The second-order valence-electron chi connectivity index (χ2n) is 7.42. The second kappa shape index (κ2) is 10.3.